The Morgan fingerprint density at radius 3 is 2.72 bits per heavy atom. The predicted octanol–water partition coefficient (Wildman–Crippen LogP) is 2.84. The molecule has 3 aromatic rings. The van der Waals surface area contributed by atoms with Gasteiger partial charge < -0.3 is 19.2 Å². The Hall–Kier alpha value is -2.86. The predicted molar refractivity (Wildman–Crippen MR) is 93.6 cm³/mol. The van der Waals surface area contributed by atoms with Gasteiger partial charge in [0, 0.05) is 23.7 Å². The van der Waals surface area contributed by atoms with Crippen LogP contribution < -0.4 is 9.64 Å². The van der Waals surface area contributed by atoms with Gasteiger partial charge in [0.2, 0.25) is 11.8 Å². The van der Waals surface area contributed by atoms with Gasteiger partial charge in [-0.3, -0.25) is 0 Å². The van der Waals surface area contributed by atoms with Gasteiger partial charge in [-0.1, -0.05) is 18.2 Å². The van der Waals surface area contributed by atoms with E-state index in [1.54, 1.807) is 7.11 Å². The zero-order valence-corrected chi connectivity index (χ0v) is 13.9. The number of hydrogen-bond donors (Lipinski definition) is 1. The minimum atomic E-state index is 0.125. The number of hydrogen-bond acceptors (Lipinski definition) is 6. The van der Waals surface area contributed by atoms with E-state index in [4.69, 9.17) is 9.15 Å². The molecule has 1 unspecified atom stereocenters. The quantitative estimate of drug-likeness (QED) is 0.772. The Bertz CT molecular complexity index is 860. The molecule has 0 fully saturated rings. The fourth-order valence-electron chi connectivity index (χ4n) is 3.22. The van der Waals surface area contributed by atoms with Crippen molar-refractivity contribution >= 4 is 5.69 Å². The van der Waals surface area contributed by atoms with Gasteiger partial charge in [0.15, 0.2) is 0 Å². The van der Waals surface area contributed by atoms with Gasteiger partial charge in [-0.25, -0.2) is 0 Å². The van der Waals surface area contributed by atoms with Gasteiger partial charge in [0.25, 0.3) is 0 Å². The second-order valence-electron chi connectivity index (χ2n) is 6.05. The molecule has 128 valence electrons. The Balaban J connectivity index is 1.53. The number of aliphatic hydroxyl groups excluding tert-OH is 1. The molecule has 0 radical (unpaired) electrons. The van der Waals surface area contributed by atoms with E-state index in [0.717, 1.165) is 23.5 Å². The van der Waals surface area contributed by atoms with Gasteiger partial charge in [0.05, 0.1) is 20.3 Å². The van der Waals surface area contributed by atoms with E-state index < -0.39 is 0 Å². The number of fused-ring (bicyclic) bond motifs is 1. The summed E-state index contributed by atoms with van der Waals surface area (Å²) in [4.78, 5) is 2.17. The maximum atomic E-state index is 9.60. The van der Waals surface area contributed by atoms with Crippen LogP contribution in [0.2, 0.25) is 0 Å². The van der Waals surface area contributed by atoms with E-state index in [2.05, 4.69) is 27.2 Å². The summed E-state index contributed by atoms with van der Waals surface area (Å²) >= 11 is 0. The third-order valence-electron chi connectivity index (χ3n) is 4.51. The van der Waals surface area contributed by atoms with Crippen LogP contribution in [0, 0.1) is 0 Å². The van der Waals surface area contributed by atoms with Crippen LogP contribution in [0.3, 0.4) is 0 Å². The first-order chi connectivity index (χ1) is 12.3. The summed E-state index contributed by atoms with van der Waals surface area (Å²) in [6.07, 6.45) is 0. The van der Waals surface area contributed by atoms with Gasteiger partial charge in [-0.05, 0) is 35.9 Å². The first-order valence-corrected chi connectivity index (χ1v) is 8.20. The molecule has 0 aliphatic carbocycles. The number of benzene rings is 2. The fourth-order valence-corrected chi connectivity index (χ4v) is 3.22. The molecule has 0 saturated heterocycles. The number of anilines is 1. The Labute approximate surface area is 145 Å². The number of ether oxygens (including phenoxy) is 1. The van der Waals surface area contributed by atoms with E-state index in [1.165, 1.54) is 5.56 Å². The van der Waals surface area contributed by atoms with Crippen LogP contribution in [-0.2, 0) is 6.54 Å². The zero-order valence-electron chi connectivity index (χ0n) is 13.9. The Morgan fingerprint density at radius 1 is 1.16 bits per heavy atom. The number of methoxy groups -OCH3 is 1. The summed E-state index contributed by atoms with van der Waals surface area (Å²) in [6.45, 7) is 1.40. The smallest absolute Gasteiger partial charge is 0.247 e. The first-order valence-electron chi connectivity index (χ1n) is 8.20. The second-order valence-corrected chi connectivity index (χ2v) is 6.05. The van der Waals surface area contributed by atoms with Crippen molar-refractivity contribution < 1.29 is 14.3 Å². The molecule has 6 heteroatoms. The SMILES string of the molecule is COc1ccc(-c2nnc(CN3CC(CO)c4ccccc43)o2)cc1. The van der Waals surface area contributed by atoms with Gasteiger partial charge in [-0.15, -0.1) is 10.2 Å². The third kappa shape index (κ3) is 2.96. The molecule has 1 aromatic heterocycles. The summed E-state index contributed by atoms with van der Waals surface area (Å²) in [5, 5.41) is 17.9. The highest BCUT2D eigenvalue weighted by Gasteiger charge is 2.28. The van der Waals surface area contributed by atoms with Crippen LogP contribution in [0.1, 0.15) is 17.4 Å². The highest BCUT2D eigenvalue weighted by atomic mass is 16.5. The lowest BCUT2D eigenvalue weighted by molar-refractivity contribution is 0.270. The molecule has 1 aliphatic rings. The van der Waals surface area contributed by atoms with E-state index in [0.29, 0.717) is 18.3 Å². The second kappa shape index (κ2) is 6.57. The molecule has 4 rings (SSSR count). The summed E-state index contributed by atoms with van der Waals surface area (Å²) in [6, 6.07) is 15.6. The summed E-state index contributed by atoms with van der Waals surface area (Å²) < 4.78 is 11.0. The molecule has 1 aliphatic heterocycles. The number of nitrogens with zero attached hydrogens (tertiary/aromatic N) is 3. The Kier molecular flexibility index (Phi) is 4.11. The number of para-hydroxylation sites is 1. The molecule has 0 bridgehead atoms. The third-order valence-corrected chi connectivity index (χ3v) is 4.51. The van der Waals surface area contributed by atoms with Crippen molar-refractivity contribution in [3.63, 3.8) is 0 Å². The molecule has 2 aromatic carbocycles. The molecular weight excluding hydrogens is 318 g/mol. The van der Waals surface area contributed by atoms with Crippen molar-refractivity contribution in [1.82, 2.24) is 10.2 Å². The lowest BCUT2D eigenvalue weighted by atomic mass is 10.0. The van der Waals surface area contributed by atoms with Crippen molar-refractivity contribution in [1.29, 1.82) is 0 Å². The lowest BCUT2D eigenvalue weighted by Crippen LogP contribution is -2.22. The van der Waals surface area contributed by atoms with Crippen molar-refractivity contribution in [2.24, 2.45) is 0 Å². The van der Waals surface area contributed by atoms with Gasteiger partial charge >= 0.3 is 0 Å². The Morgan fingerprint density at radius 2 is 1.96 bits per heavy atom. The number of aliphatic hydroxyl groups is 1. The molecule has 6 nitrogen and oxygen atoms in total. The van der Waals surface area contributed by atoms with Crippen LogP contribution in [0.4, 0.5) is 5.69 Å². The van der Waals surface area contributed by atoms with Crippen LogP contribution in [0.25, 0.3) is 11.5 Å². The average Bonchev–Trinajstić information content (AvgIpc) is 3.27. The topological polar surface area (TPSA) is 71.6 Å². The van der Waals surface area contributed by atoms with Crippen LogP contribution in [0.5, 0.6) is 5.75 Å². The average molecular weight is 337 g/mol. The summed E-state index contributed by atoms with van der Waals surface area (Å²) in [7, 11) is 1.63. The first kappa shape index (κ1) is 15.7. The van der Waals surface area contributed by atoms with E-state index in [-0.39, 0.29) is 12.5 Å². The van der Waals surface area contributed by atoms with Crippen LogP contribution in [-0.4, -0.2) is 35.6 Å². The van der Waals surface area contributed by atoms with Crippen molar-refractivity contribution in [2.45, 2.75) is 12.5 Å². The zero-order chi connectivity index (χ0) is 17.2. The standard InChI is InChI=1S/C19H19N3O3/c1-24-15-8-6-13(7-9-15)19-21-20-18(25-19)11-22-10-14(12-23)16-4-2-3-5-17(16)22/h2-9,14,23H,10-12H2,1H3. The van der Waals surface area contributed by atoms with E-state index in [9.17, 15) is 5.11 Å². The van der Waals surface area contributed by atoms with Crippen LogP contribution >= 0.6 is 0 Å². The maximum absolute atomic E-state index is 9.60. The van der Waals surface area contributed by atoms with Crippen molar-refractivity contribution in [3.05, 3.63) is 60.0 Å². The highest BCUT2D eigenvalue weighted by Crippen LogP contribution is 2.36. The van der Waals surface area contributed by atoms with E-state index >= 15 is 0 Å². The lowest BCUT2D eigenvalue weighted by Gasteiger charge is -2.17. The molecule has 0 amide bonds. The summed E-state index contributed by atoms with van der Waals surface area (Å²) in [5.41, 5.74) is 3.14. The number of rotatable bonds is 5. The summed E-state index contributed by atoms with van der Waals surface area (Å²) in [5.74, 6) is 1.95. The molecule has 2 heterocycles. The van der Waals surface area contributed by atoms with E-state index in [1.807, 2.05) is 36.4 Å². The minimum absolute atomic E-state index is 0.125. The largest absolute Gasteiger partial charge is 0.497 e. The van der Waals surface area contributed by atoms with Gasteiger partial charge in [-0.2, -0.15) is 0 Å². The monoisotopic (exact) mass is 337 g/mol. The minimum Gasteiger partial charge on any atom is -0.497 e. The molecule has 1 atom stereocenters. The van der Waals surface area contributed by atoms with Crippen LogP contribution in [0.15, 0.2) is 52.9 Å². The van der Waals surface area contributed by atoms with Crippen molar-refractivity contribution in [2.75, 3.05) is 25.2 Å². The molecule has 25 heavy (non-hydrogen) atoms. The molecule has 0 saturated carbocycles. The maximum Gasteiger partial charge on any atom is 0.247 e. The fraction of sp³-hybridized carbons (Fsp3) is 0.263. The normalized spacial score (nSPS) is 16.1. The molecule has 0 spiro atoms. The number of aromatic nitrogens is 2. The molecular formula is C19H19N3O3. The van der Waals surface area contributed by atoms with Crippen molar-refractivity contribution in [3.8, 4) is 17.2 Å². The van der Waals surface area contributed by atoms with Gasteiger partial charge in [0.1, 0.15) is 5.75 Å². The molecule has 1 N–H and O–H groups in total. The highest BCUT2D eigenvalue weighted by molar-refractivity contribution is 5.60.